The molecule has 1 unspecified atom stereocenters. The lowest BCUT2D eigenvalue weighted by Crippen LogP contribution is -2.46. The molecule has 2 rings (SSSR count). The van der Waals surface area contributed by atoms with Gasteiger partial charge in [0, 0.05) is 44.4 Å². The van der Waals surface area contributed by atoms with Gasteiger partial charge < -0.3 is 10.2 Å². The highest BCUT2D eigenvalue weighted by atomic mass is 16.7. The lowest BCUT2D eigenvalue weighted by Gasteiger charge is -2.19. The number of imide groups is 2. The normalized spacial score (nSPS) is 17.5. The zero-order valence-corrected chi connectivity index (χ0v) is 13.6. The highest BCUT2D eigenvalue weighted by Gasteiger charge is 2.35. The van der Waals surface area contributed by atoms with Gasteiger partial charge in [0.2, 0.25) is 5.91 Å². The molecule has 0 radical (unpaired) electrons. The number of nitrogens with zero attached hydrogens (tertiary/aromatic N) is 2. The van der Waals surface area contributed by atoms with Gasteiger partial charge in [-0.15, -0.1) is 17.4 Å². The number of carbonyl (C=O) groups is 6. The first kappa shape index (κ1) is 18.9. The smallest absolute Gasteiger partial charge is 0.342 e. The molecule has 2 aliphatic rings. The number of hydroxylamine groups is 2. The molecule has 0 aromatic heterocycles. The molecule has 2 aliphatic heterocycles. The summed E-state index contributed by atoms with van der Waals surface area (Å²) in [5.41, 5.74) is 0. The van der Waals surface area contributed by atoms with E-state index in [1.54, 1.807) is 0 Å². The number of carbonyl (C=O) groups excluding carboxylic acids is 6. The fourth-order valence-electron chi connectivity index (χ4n) is 2.25. The molecule has 136 valence electrons. The molecule has 0 aliphatic carbocycles. The maximum atomic E-state index is 12.1. The molecule has 0 aromatic rings. The summed E-state index contributed by atoms with van der Waals surface area (Å²) in [6.45, 7) is -0.169. The first-order valence-corrected chi connectivity index (χ1v) is 7.67. The molecule has 1 fully saturated rings. The van der Waals surface area contributed by atoms with Crippen LogP contribution in [0.25, 0.3) is 0 Å². The highest BCUT2D eigenvalue weighted by molar-refractivity contribution is 6.13. The van der Waals surface area contributed by atoms with Gasteiger partial charge in [0.05, 0.1) is 0 Å². The summed E-state index contributed by atoms with van der Waals surface area (Å²) < 4.78 is 0. The second-order valence-electron chi connectivity index (χ2n) is 5.43. The minimum absolute atomic E-state index is 0.0653. The van der Waals surface area contributed by atoms with E-state index in [9.17, 15) is 28.8 Å². The van der Waals surface area contributed by atoms with E-state index >= 15 is 0 Å². The summed E-state index contributed by atoms with van der Waals surface area (Å²) in [6.07, 6.45) is 6.71. The molecule has 0 saturated carbocycles. The van der Waals surface area contributed by atoms with Crippen LogP contribution in [0.4, 0.5) is 0 Å². The molecule has 10 nitrogen and oxygen atoms in total. The Morgan fingerprint density at radius 2 is 1.73 bits per heavy atom. The molecule has 26 heavy (non-hydrogen) atoms. The van der Waals surface area contributed by atoms with Gasteiger partial charge in [0.15, 0.2) is 0 Å². The summed E-state index contributed by atoms with van der Waals surface area (Å²) in [7, 11) is 0. The Bertz CT molecular complexity index is 715. The maximum absolute atomic E-state index is 12.1. The van der Waals surface area contributed by atoms with Gasteiger partial charge in [-0.25, -0.2) is 4.79 Å². The number of amides is 5. The van der Waals surface area contributed by atoms with Crippen molar-refractivity contribution in [2.75, 3.05) is 6.54 Å². The molecule has 0 bridgehead atoms. The lowest BCUT2D eigenvalue weighted by molar-refractivity contribution is -0.199. The van der Waals surface area contributed by atoms with E-state index in [2.05, 4.69) is 11.2 Å². The standard InChI is InChI=1S/C16H15N3O7/c1-2-3-10(16(25)26-19-14(23)6-7-15(19)24)17-11(20)8-9-18-12(21)4-5-13(18)22/h1,4-5,10H,3,6-9H2,(H,17,20). The van der Waals surface area contributed by atoms with Crippen LogP contribution in [0, 0.1) is 12.3 Å². The number of nitrogens with one attached hydrogen (secondary N) is 1. The number of hydrogen-bond acceptors (Lipinski definition) is 7. The molecule has 0 spiro atoms. The van der Waals surface area contributed by atoms with E-state index < -0.39 is 41.5 Å². The summed E-state index contributed by atoms with van der Waals surface area (Å²) in [5.74, 6) is -1.93. The van der Waals surface area contributed by atoms with Crippen molar-refractivity contribution in [2.24, 2.45) is 0 Å². The van der Waals surface area contributed by atoms with Crippen molar-refractivity contribution >= 4 is 35.5 Å². The van der Waals surface area contributed by atoms with E-state index in [0.717, 1.165) is 17.1 Å². The SMILES string of the molecule is C#CCC(NC(=O)CCN1C(=O)C=CC1=O)C(=O)ON1C(=O)CCC1=O. The summed E-state index contributed by atoms with van der Waals surface area (Å²) in [5, 5.41) is 2.65. The minimum atomic E-state index is -1.28. The van der Waals surface area contributed by atoms with Crippen molar-refractivity contribution < 1.29 is 33.6 Å². The molecule has 2 heterocycles. The van der Waals surface area contributed by atoms with Crippen molar-refractivity contribution in [3.8, 4) is 12.3 Å². The van der Waals surface area contributed by atoms with Crippen LogP contribution < -0.4 is 5.32 Å². The molecule has 1 saturated heterocycles. The van der Waals surface area contributed by atoms with Crippen LogP contribution in [0.1, 0.15) is 25.7 Å². The zero-order valence-electron chi connectivity index (χ0n) is 13.6. The average molecular weight is 361 g/mol. The van der Waals surface area contributed by atoms with Crippen molar-refractivity contribution in [1.29, 1.82) is 0 Å². The van der Waals surface area contributed by atoms with Crippen LogP contribution in [-0.2, 0) is 33.6 Å². The van der Waals surface area contributed by atoms with E-state index in [1.807, 2.05) is 0 Å². The van der Waals surface area contributed by atoms with Gasteiger partial charge in [-0.3, -0.25) is 28.9 Å². The molecule has 1 atom stereocenters. The molecule has 10 heteroatoms. The number of rotatable bonds is 7. The minimum Gasteiger partial charge on any atom is -0.342 e. The Morgan fingerprint density at radius 1 is 1.15 bits per heavy atom. The molecular weight excluding hydrogens is 346 g/mol. The van der Waals surface area contributed by atoms with Gasteiger partial charge in [0.1, 0.15) is 6.04 Å². The van der Waals surface area contributed by atoms with Crippen molar-refractivity contribution in [3.05, 3.63) is 12.2 Å². The van der Waals surface area contributed by atoms with Gasteiger partial charge in [-0.05, 0) is 0 Å². The third kappa shape index (κ3) is 4.32. The predicted octanol–water partition coefficient (Wildman–Crippen LogP) is -1.58. The number of terminal acetylenes is 1. The second kappa shape index (κ2) is 8.06. The third-order valence-corrected chi connectivity index (χ3v) is 3.59. The highest BCUT2D eigenvalue weighted by Crippen LogP contribution is 2.13. The Labute approximate surface area is 148 Å². The Kier molecular flexibility index (Phi) is 5.85. The van der Waals surface area contributed by atoms with E-state index in [1.165, 1.54) is 0 Å². The second-order valence-corrected chi connectivity index (χ2v) is 5.43. The summed E-state index contributed by atoms with van der Waals surface area (Å²) in [4.78, 5) is 75.3. The Morgan fingerprint density at radius 3 is 2.27 bits per heavy atom. The summed E-state index contributed by atoms with van der Waals surface area (Å²) in [6, 6.07) is -1.28. The quantitative estimate of drug-likeness (QED) is 0.428. The Hall–Kier alpha value is -3.48. The van der Waals surface area contributed by atoms with E-state index in [4.69, 9.17) is 11.3 Å². The monoisotopic (exact) mass is 361 g/mol. The molecule has 1 N–H and O–H groups in total. The van der Waals surface area contributed by atoms with Gasteiger partial charge >= 0.3 is 5.97 Å². The summed E-state index contributed by atoms with van der Waals surface area (Å²) >= 11 is 0. The van der Waals surface area contributed by atoms with Crippen LogP contribution in [0.5, 0.6) is 0 Å². The number of hydrogen-bond donors (Lipinski definition) is 1. The van der Waals surface area contributed by atoms with Crippen LogP contribution in [0.15, 0.2) is 12.2 Å². The van der Waals surface area contributed by atoms with Crippen molar-refractivity contribution in [3.63, 3.8) is 0 Å². The largest absolute Gasteiger partial charge is 0.356 e. The van der Waals surface area contributed by atoms with E-state index in [0.29, 0.717) is 5.06 Å². The van der Waals surface area contributed by atoms with Crippen LogP contribution >= 0.6 is 0 Å². The third-order valence-electron chi connectivity index (χ3n) is 3.59. The fourth-order valence-corrected chi connectivity index (χ4v) is 2.25. The fraction of sp³-hybridized carbons (Fsp3) is 0.375. The zero-order chi connectivity index (χ0) is 19.3. The van der Waals surface area contributed by atoms with Crippen LogP contribution in [-0.4, -0.2) is 58.1 Å². The molecule has 5 amide bonds. The topological polar surface area (TPSA) is 130 Å². The van der Waals surface area contributed by atoms with Crippen molar-refractivity contribution in [1.82, 2.24) is 15.3 Å². The van der Waals surface area contributed by atoms with E-state index in [-0.39, 0.29) is 32.2 Å². The predicted molar refractivity (Wildman–Crippen MR) is 83.0 cm³/mol. The molecular formula is C16H15N3O7. The molecule has 0 aromatic carbocycles. The van der Waals surface area contributed by atoms with Gasteiger partial charge in [-0.1, -0.05) is 0 Å². The first-order valence-electron chi connectivity index (χ1n) is 7.67. The Balaban J connectivity index is 1.89. The lowest BCUT2D eigenvalue weighted by atomic mass is 10.2. The maximum Gasteiger partial charge on any atom is 0.356 e. The van der Waals surface area contributed by atoms with Gasteiger partial charge in [-0.2, -0.15) is 0 Å². The average Bonchev–Trinajstić information content (AvgIpc) is 3.08. The van der Waals surface area contributed by atoms with Crippen molar-refractivity contribution in [2.45, 2.75) is 31.7 Å². The van der Waals surface area contributed by atoms with Gasteiger partial charge in [0.25, 0.3) is 23.6 Å². The first-order chi connectivity index (χ1) is 12.3. The van der Waals surface area contributed by atoms with Crippen LogP contribution in [0.3, 0.4) is 0 Å². The van der Waals surface area contributed by atoms with Crippen LogP contribution in [0.2, 0.25) is 0 Å².